The number of hydrogen-bond acceptors (Lipinski definition) is 10. The Labute approximate surface area is 194 Å². The van der Waals surface area contributed by atoms with Crippen LogP contribution in [0.15, 0.2) is 58.3 Å². The molecule has 5 atom stereocenters. The fourth-order valence-corrected chi connectivity index (χ4v) is 4.13. The van der Waals surface area contributed by atoms with Crippen molar-refractivity contribution in [2.75, 3.05) is 11.1 Å². The second-order valence-corrected chi connectivity index (χ2v) is 8.46. The molecule has 0 aromatic heterocycles. The van der Waals surface area contributed by atoms with E-state index in [-0.39, 0.29) is 45.0 Å². The van der Waals surface area contributed by atoms with E-state index in [1.165, 1.54) is 48.5 Å². The molecule has 1 heterocycles. The number of carbonyl (C=O) groups excluding carboxylic acids is 1. The first-order valence-electron chi connectivity index (χ1n) is 8.49. The Morgan fingerprint density at radius 1 is 0.933 bits per heavy atom. The summed E-state index contributed by atoms with van der Waals surface area (Å²) in [6, 6.07) is 11.1. The molecule has 0 aliphatic carbocycles. The van der Waals surface area contributed by atoms with E-state index >= 15 is 0 Å². The molecule has 30 heavy (non-hydrogen) atoms. The van der Waals surface area contributed by atoms with Gasteiger partial charge < -0.3 is 41.0 Å². The van der Waals surface area contributed by atoms with Crippen LogP contribution in [0.1, 0.15) is 0 Å². The summed E-state index contributed by atoms with van der Waals surface area (Å²) in [5.41, 5.74) is 6.28. The molecule has 0 amide bonds. The number of nitrogens with two attached hydrogens (primary N) is 1. The first-order chi connectivity index (χ1) is 13.6. The van der Waals surface area contributed by atoms with E-state index in [1.807, 2.05) is 0 Å². The fraction of sp³-hybridized carbons (Fsp3) is 0.278. The van der Waals surface area contributed by atoms with Crippen LogP contribution in [0.3, 0.4) is 0 Å². The fourth-order valence-electron chi connectivity index (χ4n) is 2.87. The van der Waals surface area contributed by atoms with Gasteiger partial charge in [-0.3, -0.25) is 0 Å². The zero-order valence-electron chi connectivity index (χ0n) is 15.9. The summed E-state index contributed by atoms with van der Waals surface area (Å²) in [6.45, 7) is 0. The molecular formula is C18H19N2NaO8S. The van der Waals surface area contributed by atoms with Crippen molar-refractivity contribution in [2.45, 2.75) is 40.4 Å². The molecule has 0 saturated carbocycles. The van der Waals surface area contributed by atoms with Crippen LogP contribution in [0.4, 0.5) is 11.4 Å². The molecule has 0 unspecified atom stereocenters. The van der Waals surface area contributed by atoms with Gasteiger partial charge in [-0.1, -0.05) is 0 Å². The molecule has 1 fully saturated rings. The van der Waals surface area contributed by atoms with Crippen molar-refractivity contribution in [3.05, 3.63) is 48.5 Å². The Balaban J connectivity index is 0.00000320. The summed E-state index contributed by atoms with van der Waals surface area (Å²) in [4.78, 5) is 11.1. The molecule has 1 aliphatic rings. The van der Waals surface area contributed by atoms with E-state index in [1.54, 1.807) is 0 Å². The molecule has 2 aromatic carbocycles. The van der Waals surface area contributed by atoms with Gasteiger partial charge in [0.15, 0.2) is 6.23 Å². The second kappa shape index (κ2) is 9.62. The summed E-state index contributed by atoms with van der Waals surface area (Å²) in [5.74, 6) is -1.75. The summed E-state index contributed by atoms with van der Waals surface area (Å²) in [5, 5.41) is 43.2. The molecule has 0 spiro atoms. The van der Waals surface area contributed by atoms with Gasteiger partial charge in [-0.05, 0) is 48.5 Å². The number of ether oxygens (including phenoxy) is 1. The molecule has 12 heteroatoms. The van der Waals surface area contributed by atoms with Gasteiger partial charge in [0, 0.05) is 11.4 Å². The minimum absolute atomic E-state index is 0. The first-order valence-corrected chi connectivity index (χ1v) is 9.97. The van der Waals surface area contributed by atoms with Gasteiger partial charge in [0.05, 0.1) is 15.8 Å². The number of nitrogens with one attached hydrogen (secondary N) is 1. The van der Waals surface area contributed by atoms with Crippen molar-refractivity contribution in [1.29, 1.82) is 0 Å². The first kappa shape index (κ1) is 24.6. The van der Waals surface area contributed by atoms with Crippen LogP contribution in [0.25, 0.3) is 0 Å². The van der Waals surface area contributed by atoms with Crippen molar-refractivity contribution >= 4 is 27.2 Å². The molecule has 3 rings (SSSR count). The molecule has 0 radical (unpaired) electrons. The van der Waals surface area contributed by atoms with Crippen LogP contribution < -0.4 is 45.7 Å². The third kappa shape index (κ3) is 4.95. The maximum Gasteiger partial charge on any atom is 1.00 e. The van der Waals surface area contributed by atoms with Crippen LogP contribution in [-0.2, 0) is 19.4 Å². The van der Waals surface area contributed by atoms with Crippen LogP contribution in [0.2, 0.25) is 0 Å². The zero-order valence-corrected chi connectivity index (χ0v) is 18.7. The van der Waals surface area contributed by atoms with E-state index < -0.39 is 46.5 Å². The van der Waals surface area contributed by atoms with E-state index in [4.69, 9.17) is 10.5 Å². The van der Waals surface area contributed by atoms with Crippen LogP contribution in [0.5, 0.6) is 0 Å². The smallest absolute Gasteiger partial charge is 0.547 e. The average molecular weight is 446 g/mol. The molecule has 10 nitrogen and oxygen atoms in total. The molecule has 1 aliphatic heterocycles. The molecule has 156 valence electrons. The van der Waals surface area contributed by atoms with Gasteiger partial charge in [0.2, 0.25) is 9.84 Å². The predicted molar refractivity (Wildman–Crippen MR) is 98.1 cm³/mol. The van der Waals surface area contributed by atoms with E-state index in [9.17, 15) is 33.6 Å². The van der Waals surface area contributed by atoms with Gasteiger partial charge in [-0.25, -0.2) is 8.42 Å². The normalized spacial score (nSPS) is 26.4. The van der Waals surface area contributed by atoms with Crippen LogP contribution >= 0.6 is 0 Å². The van der Waals surface area contributed by atoms with E-state index in [2.05, 4.69) is 5.32 Å². The number of aliphatic hydroxyl groups is 3. The quantitative estimate of drug-likeness (QED) is 0.220. The Bertz CT molecular complexity index is 984. The Morgan fingerprint density at radius 3 is 1.93 bits per heavy atom. The Kier molecular flexibility index (Phi) is 7.88. The number of anilines is 2. The third-order valence-electron chi connectivity index (χ3n) is 4.51. The maximum atomic E-state index is 12.6. The minimum Gasteiger partial charge on any atom is -0.547 e. The van der Waals surface area contributed by atoms with Crippen LogP contribution in [-0.4, -0.2) is 60.4 Å². The maximum absolute atomic E-state index is 12.6. The van der Waals surface area contributed by atoms with Gasteiger partial charge in [-0.15, -0.1) is 0 Å². The molecule has 0 bridgehead atoms. The van der Waals surface area contributed by atoms with E-state index in [0.717, 1.165) is 0 Å². The van der Waals surface area contributed by atoms with Gasteiger partial charge in [-0.2, -0.15) is 0 Å². The topological polar surface area (TPSA) is 182 Å². The van der Waals surface area contributed by atoms with Crippen molar-refractivity contribution in [2.24, 2.45) is 0 Å². The Hall–Kier alpha value is -1.70. The summed E-state index contributed by atoms with van der Waals surface area (Å²) >= 11 is 0. The van der Waals surface area contributed by atoms with Crippen molar-refractivity contribution in [1.82, 2.24) is 0 Å². The number of aliphatic carboxylic acids is 1. The number of nitrogen functional groups attached to an aromatic ring is 1. The van der Waals surface area contributed by atoms with Crippen LogP contribution in [0, 0.1) is 0 Å². The monoisotopic (exact) mass is 446 g/mol. The summed E-state index contributed by atoms with van der Waals surface area (Å²) in [6.07, 6.45) is -8.51. The molecule has 2 aromatic rings. The summed E-state index contributed by atoms with van der Waals surface area (Å²) in [7, 11) is -3.78. The standard InChI is InChI=1S/C18H20N2O8S.Na/c19-9-1-5-11(6-2-9)29(26,27)12-7-3-10(4-8-12)20-17-15(23)13(21)14(22)16(28-17)18(24)25;/h1-8,13-17,20-23H,19H2,(H,24,25);/q;+1/p-1/t13-,14-,15+,16-,17+;/m0./s1. The largest absolute Gasteiger partial charge is 1.00 e. The number of carboxylic acids is 1. The average Bonchev–Trinajstić information content (AvgIpc) is 2.69. The third-order valence-corrected chi connectivity index (χ3v) is 6.30. The second-order valence-electron chi connectivity index (χ2n) is 6.51. The molecular weight excluding hydrogens is 427 g/mol. The van der Waals surface area contributed by atoms with Gasteiger partial charge >= 0.3 is 29.6 Å². The van der Waals surface area contributed by atoms with Crippen molar-refractivity contribution < 1.29 is 67.9 Å². The Morgan fingerprint density at radius 2 is 1.43 bits per heavy atom. The SMILES string of the molecule is Nc1ccc(S(=O)(=O)c2ccc(N[C@@H]3O[C@H](C(=O)[O-])[C@@H](O)[C@H](O)[C@H]3O)cc2)cc1.[Na+]. The predicted octanol–water partition coefficient (Wildman–Crippen LogP) is -4.92. The number of hydrogen-bond donors (Lipinski definition) is 5. The minimum atomic E-state index is -3.78. The van der Waals surface area contributed by atoms with Gasteiger partial charge in [0.25, 0.3) is 0 Å². The number of carbonyl (C=O) groups is 1. The zero-order chi connectivity index (χ0) is 21.3. The van der Waals surface area contributed by atoms with Crippen molar-refractivity contribution in [3.8, 4) is 0 Å². The number of rotatable bonds is 5. The number of aliphatic hydroxyl groups excluding tert-OH is 3. The van der Waals surface area contributed by atoms with Crippen molar-refractivity contribution in [3.63, 3.8) is 0 Å². The molecule has 6 N–H and O–H groups in total. The van der Waals surface area contributed by atoms with E-state index in [0.29, 0.717) is 5.69 Å². The molecule has 1 saturated heterocycles. The number of benzene rings is 2. The van der Waals surface area contributed by atoms with Gasteiger partial charge in [0.1, 0.15) is 24.4 Å². The summed E-state index contributed by atoms with van der Waals surface area (Å²) < 4.78 is 30.3. The number of sulfone groups is 1. The number of carboxylic acid groups (broad SMARTS) is 1.